The molecule has 2 heterocycles. The van der Waals surface area contributed by atoms with Gasteiger partial charge in [0, 0.05) is 29.5 Å². The number of fused-ring (bicyclic) bond motifs is 1. The summed E-state index contributed by atoms with van der Waals surface area (Å²) in [5.74, 6) is 4.33. The number of unbranched alkanes of at least 4 members (excludes halogenated alkanes) is 2. The summed E-state index contributed by atoms with van der Waals surface area (Å²) in [6, 6.07) is 6.14. The van der Waals surface area contributed by atoms with Gasteiger partial charge in [0.2, 0.25) is 11.8 Å². The fourth-order valence-electron chi connectivity index (χ4n) is 7.81. The molecule has 1 aromatic carbocycles. The van der Waals surface area contributed by atoms with Gasteiger partial charge in [0.1, 0.15) is 6.04 Å². The van der Waals surface area contributed by atoms with E-state index < -0.39 is 6.04 Å². The number of carbonyl (C=O) groups excluding carboxylic acids is 3. The zero-order chi connectivity index (χ0) is 23.9. The molecule has 1 atom stereocenters. The first-order valence-electron chi connectivity index (χ1n) is 13.7. The molecule has 0 radical (unpaired) electrons. The lowest BCUT2D eigenvalue weighted by molar-refractivity contribution is -0.136. The van der Waals surface area contributed by atoms with Gasteiger partial charge >= 0.3 is 0 Å². The van der Waals surface area contributed by atoms with Crippen LogP contribution in [0.3, 0.4) is 0 Å². The van der Waals surface area contributed by atoms with E-state index in [1.807, 2.05) is 23.9 Å². The molecule has 7 heteroatoms. The van der Waals surface area contributed by atoms with Crippen molar-refractivity contribution < 1.29 is 14.4 Å². The number of imide groups is 1. The van der Waals surface area contributed by atoms with Crippen molar-refractivity contribution in [3.05, 3.63) is 29.3 Å². The molecule has 4 aliphatic carbocycles. The highest BCUT2D eigenvalue weighted by molar-refractivity contribution is 7.99. The van der Waals surface area contributed by atoms with Crippen LogP contribution in [0.25, 0.3) is 0 Å². The third-order valence-corrected chi connectivity index (χ3v) is 10.4. The van der Waals surface area contributed by atoms with Gasteiger partial charge in [-0.05, 0) is 105 Å². The molecule has 1 unspecified atom stereocenters. The molecule has 3 amide bonds. The summed E-state index contributed by atoms with van der Waals surface area (Å²) in [4.78, 5) is 39.6. The molecule has 1 saturated heterocycles. The summed E-state index contributed by atoms with van der Waals surface area (Å²) < 4.78 is 0. The minimum Gasteiger partial charge on any atom is -0.322 e. The van der Waals surface area contributed by atoms with Gasteiger partial charge in [-0.25, -0.2) is 0 Å². The molecule has 6 aliphatic rings. The Labute approximate surface area is 212 Å². The first-order chi connectivity index (χ1) is 17.1. The number of benzene rings is 1. The van der Waals surface area contributed by atoms with Gasteiger partial charge in [-0.1, -0.05) is 12.5 Å². The number of thioether (sulfide) groups is 1. The summed E-state index contributed by atoms with van der Waals surface area (Å²) >= 11 is 1.83. The van der Waals surface area contributed by atoms with Crippen molar-refractivity contribution in [1.82, 2.24) is 15.5 Å². The number of rotatable bonds is 9. The van der Waals surface area contributed by atoms with Gasteiger partial charge in [0.15, 0.2) is 0 Å². The normalized spacial score (nSPS) is 33.4. The first kappa shape index (κ1) is 23.5. The zero-order valence-electron chi connectivity index (χ0n) is 20.5. The molecule has 2 N–H and O–H groups in total. The van der Waals surface area contributed by atoms with Crippen LogP contribution in [0.15, 0.2) is 23.1 Å². The van der Waals surface area contributed by atoms with Crippen LogP contribution in [0, 0.1) is 23.7 Å². The van der Waals surface area contributed by atoms with E-state index in [0.29, 0.717) is 18.5 Å². The summed E-state index contributed by atoms with van der Waals surface area (Å²) in [5.41, 5.74) is 1.75. The lowest BCUT2D eigenvalue weighted by Gasteiger charge is -2.54. The Hall–Kier alpha value is -1.86. The molecule has 0 aromatic heterocycles. The average Bonchev–Trinajstić information content (AvgIpc) is 3.16. The topological polar surface area (TPSA) is 78.5 Å². The van der Waals surface area contributed by atoms with Gasteiger partial charge in [0.25, 0.3) is 5.91 Å². The molecule has 7 rings (SSSR count). The minimum absolute atomic E-state index is 0.0900. The number of piperidine rings is 1. The van der Waals surface area contributed by atoms with Gasteiger partial charge in [-0.3, -0.25) is 19.7 Å². The van der Waals surface area contributed by atoms with E-state index in [0.717, 1.165) is 52.5 Å². The molecule has 2 aliphatic heterocycles. The average molecular weight is 496 g/mol. The van der Waals surface area contributed by atoms with Gasteiger partial charge in [0.05, 0.1) is 0 Å². The maximum atomic E-state index is 13.0. The standard InChI is InChI=1S/C28H37N3O3S/c32-25-8-7-23(27(33)30-25)31-16-22-21(28(31)34)5-4-6-24(22)35-10-3-1-2-9-29-26-19-12-17-11-18(14-19)15-20(26)13-17/h4-6,17-20,23,26,29H,1-3,7-16H2,(H,30,32,33). The molecule has 188 valence electrons. The monoisotopic (exact) mass is 495 g/mol. The molecule has 6 nitrogen and oxygen atoms in total. The quantitative estimate of drug-likeness (QED) is 0.306. The molecular weight excluding hydrogens is 458 g/mol. The Morgan fingerprint density at radius 2 is 1.74 bits per heavy atom. The van der Waals surface area contributed by atoms with Crippen molar-refractivity contribution in [3.8, 4) is 0 Å². The minimum atomic E-state index is -0.549. The van der Waals surface area contributed by atoms with E-state index in [2.05, 4.69) is 16.7 Å². The number of nitrogens with zero attached hydrogens (tertiary/aromatic N) is 1. The van der Waals surface area contributed by atoms with Crippen molar-refractivity contribution >= 4 is 29.5 Å². The number of hydrogen-bond donors (Lipinski definition) is 2. The second kappa shape index (κ2) is 9.89. The number of nitrogens with one attached hydrogen (secondary N) is 2. The van der Waals surface area contributed by atoms with Gasteiger partial charge in [-0.15, -0.1) is 11.8 Å². The SMILES string of the molecule is O=C1CCC(N2Cc3c(SCCCCCNC4C5CC6CC(C5)CC4C6)cccc3C2=O)C(=O)N1. The lowest BCUT2D eigenvalue weighted by Crippen LogP contribution is -2.54. The van der Waals surface area contributed by atoms with Crippen LogP contribution in [0.5, 0.6) is 0 Å². The molecule has 35 heavy (non-hydrogen) atoms. The fraction of sp³-hybridized carbons (Fsp3) is 0.679. The van der Waals surface area contributed by atoms with Crippen LogP contribution in [0.1, 0.15) is 80.1 Å². The molecule has 1 aromatic rings. The van der Waals surface area contributed by atoms with E-state index in [1.54, 1.807) is 4.90 Å². The number of carbonyl (C=O) groups is 3. The Morgan fingerprint density at radius 1 is 0.971 bits per heavy atom. The third-order valence-electron chi connectivity index (χ3n) is 9.22. The van der Waals surface area contributed by atoms with E-state index in [-0.39, 0.29) is 24.1 Å². The maximum absolute atomic E-state index is 13.0. The number of amides is 3. The van der Waals surface area contributed by atoms with E-state index in [1.165, 1.54) is 51.4 Å². The zero-order valence-corrected chi connectivity index (χ0v) is 21.3. The van der Waals surface area contributed by atoms with Crippen LogP contribution >= 0.6 is 11.8 Å². The second-order valence-corrected chi connectivity index (χ2v) is 12.6. The van der Waals surface area contributed by atoms with Crippen LogP contribution in [0.4, 0.5) is 0 Å². The Balaban J connectivity index is 0.948. The molecule has 5 fully saturated rings. The summed E-state index contributed by atoms with van der Waals surface area (Å²) in [6.07, 6.45) is 11.8. The van der Waals surface area contributed by atoms with E-state index in [4.69, 9.17) is 0 Å². The van der Waals surface area contributed by atoms with Gasteiger partial charge in [-0.2, -0.15) is 0 Å². The molecular formula is C28H37N3O3S. The molecule has 4 bridgehead atoms. The van der Waals surface area contributed by atoms with E-state index in [9.17, 15) is 14.4 Å². The summed E-state index contributed by atoms with van der Waals surface area (Å²) in [6.45, 7) is 1.60. The van der Waals surface area contributed by atoms with Crippen molar-refractivity contribution in [1.29, 1.82) is 0 Å². The maximum Gasteiger partial charge on any atom is 0.255 e. The summed E-state index contributed by atoms with van der Waals surface area (Å²) in [5, 5.41) is 6.33. The molecule has 4 saturated carbocycles. The molecule has 0 spiro atoms. The largest absolute Gasteiger partial charge is 0.322 e. The smallest absolute Gasteiger partial charge is 0.255 e. The Bertz CT molecular complexity index is 983. The fourth-order valence-corrected chi connectivity index (χ4v) is 8.90. The first-order valence-corrected chi connectivity index (χ1v) is 14.7. The Morgan fingerprint density at radius 3 is 2.49 bits per heavy atom. The second-order valence-electron chi connectivity index (χ2n) is 11.5. The predicted molar refractivity (Wildman–Crippen MR) is 136 cm³/mol. The lowest BCUT2D eigenvalue weighted by atomic mass is 9.54. The summed E-state index contributed by atoms with van der Waals surface area (Å²) in [7, 11) is 0. The highest BCUT2D eigenvalue weighted by atomic mass is 32.2. The van der Waals surface area contributed by atoms with Crippen LogP contribution in [-0.4, -0.2) is 47.0 Å². The van der Waals surface area contributed by atoms with Crippen molar-refractivity contribution in [2.24, 2.45) is 23.7 Å². The third kappa shape index (κ3) is 4.66. The van der Waals surface area contributed by atoms with Crippen molar-refractivity contribution in [3.63, 3.8) is 0 Å². The highest BCUT2D eigenvalue weighted by Crippen LogP contribution is 2.53. The van der Waals surface area contributed by atoms with Crippen molar-refractivity contribution in [2.45, 2.75) is 87.7 Å². The van der Waals surface area contributed by atoms with Crippen LogP contribution in [-0.2, 0) is 16.1 Å². The predicted octanol–water partition coefficient (Wildman–Crippen LogP) is 4.12. The van der Waals surface area contributed by atoms with Crippen molar-refractivity contribution in [2.75, 3.05) is 12.3 Å². The number of hydrogen-bond acceptors (Lipinski definition) is 5. The Kier molecular flexibility index (Phi) is 6.65. The van der Waals surface area contributed by atoms with Gasteiger partial charge < -0.3 is 10.2 Å². The van der Waals surface area contributed by atoms with E-state index >= 15 is 0 Å². The highest BCUT2D eigenvalue weighted by Gasteiger charge is 2.47. The van der Waals surface area contributed by atoms with Crippen LogP contribution in [0.2, 0.25) is 0 Å². The van der Waals surface area contributed by atoms with Crippen LogP contribution < -0.4 is 10.6 Å².